The van der Waals surface area contributed by atoms with Gasteiger partial charge in [-0.3, -0.25) is 4.68 Å². The van der Waals surface area contributed by atoms with E-state index in [-0.39, 0.29) is 0 Å². The van der Waals surface area contributed by atoms with Crippen molar-refractivity contribution < 1.29 is 0 Å². The molecule has 1 saturated carbocycles. The lowest BCUT2D eigenvalue weighted by atomic mass is 10.0. The largest absolute Gasteiger partial charge is 0.314 e. The molecule has 1 heterocycles. The van der Waals surface area contributed by atoms with Crippen LogP contribution in [0.15, 0.2) is 24.3 Å². The van der Waals surface area contributed by atoms with Crippen molar-refractivity contribution >= 4 is 10.9 Å². The monoisotopic (exact) mass is 271 g/mol. The zero-order valence-corrected chi connectivity index (χ0v) is 12.6. The van der Waals surface area contributed by atoms with Crippen molar-refractivity contribution in [2.24, 2.45) is 13.0 Å². The molecule has 2 aromatic rings. The first kappa shape index (κ1) is 13.6. The average Bonchev–Trinajstić information content (AvgIpc) is 3.22. The van der Waals surface area contributed by atoms with Gasteiger partial charge in [-0.1, -0.05) is 38.0 Å². The Hall–Kier alpha value is -1.35. The molecule has 3 rings (SSSR count). The van der Waals surface area contributed by atoms with E-state index in [4.69, 9.17) is 5.10 Å². The van der Waals surface area contributed by atoms with Gasteiger partial charge in [0.05, 0.1) is 11.2 Å². The minimum atomic E-state index is 0.584. The van der Waals surface area contributed by atoms with Crippen LogP contribution >= 0.6 is 0 Å². The van der Waals surface area contributed by atoms with Crippen LogP contribution in [0.2, 0.25) is 0 Å². The van der Waals surface area contributed by atoms with Crippen LogP contribution in [0, 0.1) is 5.92 Å². The Morgan fingerprint density at radius 2 is 2.15 bits per heavy atom. The second kappa shape index (κ2) is 5.96. The summed E-state index contributed by atoms with van der Waals surface area (Å²) in [7, 11) is 2.04. The molecule has 1 unspecified atom stereocenters. The summed E-state index contributed by atoms with van der Waals surface area (Å²) in [6.07, 6.45) is 6.41. The number of para-hydroxylation sites is 1. The smallest absolute Gasteiger partial charge is 0.0718 e. The maximum Gasteiger partial charge on any atom is 0.0718 e. The number of nitrogens with zero attached hydrogens (tertiary/aromatic N) is 2. The third-order valence-corrected chi connectivity index (χ3v) is 4.27. The molecule has 1 aromatic carbocycles. The second-order valence-electron chi connectivity index (χ2n) is 6.12. The van der Waals surface area contributed by atoms with Crippen molar-refractivity contribution in [1.82, 2.24) is 15.1 Å². The number of hydrogen-bond acceptors (Lipinski definition) is 2. The van der Waals surface area contributed by atoms with Crippen LogP contribution in [0.4, 0.5) is 0 Å². The quantitative estimate of drug-likeness (QED) is 0.837. The molecule has 0 radical (unpaired) electrons. The molecule has 1 aliphatic carbocycles. The SMILES string of the molecule is CCCNC(Cc1nn(C)c2ccccc12)CC1CC1. The highest BCUT2D eigenvalue weighted by molar-refractivity contribution is 5.81. The average molecular weight is 271 g/mol. The predicted octanol–water partition coefficient (Wildman–Crippen LogP) is 3.28. The van der Waals surface area contributed by atoms with E-state index in [2.05, 4.69) is 36.5 Å². The molecule has 0 saturated heterocycles. The normalized spacial score (nSPS) is 16.7. The summed E-state index contributed by atoms with van der Waals surface area (Å²) < 4.78 is 2.01. The Labute approximate surface area is 121 Å². The van der Waals surface area contributed by atoms with Gasteiger partial charge in [0.2, 0.25) is 0 Å². The van der Waals surface area contributed by atoms with Gasteiger partial charge in [0.25, 0.3) is 0 Å². The van der Waals surface area contributed by atoms with E-state index >= 15 is 0 Å². The third-order valence-electron chi connectivity index (χ3n) is 4.27. The Kier molecular flexibility index (Phi) is 4.06. The molecule has 1 N–H and O–H groups in total. The fourth-order valence-corrected chi connectivity index (χ4v) is 3.02. The van der Waals surface area contributed by atoms with Gasteiger partial charge in [-0.05, 0) is 31.4 Å². The fourth-order valence-electron chi connectivity index (χ4n) is 3.02. The minimum Gasteiger partial charge on any atom is -0.314 e. The third kappa shape index (κ3) is 3.04. The lowest BCUT2D eigenvalue weighted by molar-refractivity contribution is 0.451. The molecular formula is C17H25N3. The first-order valence-corrected chi connectivity index (χ1v) is 7.92. The van der Waals surface area contributed by atoms with Crippen molar-refractivity contribution in [2.75, 3.05) is 6.54 Å². The van der Waals surface area contributed by atoms with Crippen LogP contribution in [0.25, 0.3) is 10.9 Å². The number of rotatable bonds is 7. The Bertz CT molecular complexity index is 569. The van der Waals surface area contributed by atoms with Crippen LogP contribution in [0.5, 0.6) is 0 Å². The lowest BCUT2D eigenvalue weighted by Gasteiger charge is -2.17. The molecule has 0 bridgehead atoms. The summed E-state index contributed by atoms with van der Waals surface area (Å²) in [5.41, 5.74) is 2.49. The van der Waals surface area contributed by atoms with Crippen molar-refractivity contribution in [3.8, 4) is 0 Å². The molecule has 3 heteroatoms. The van der Waals surface area contributed by atoms with Crippen molar-refractivity contribution in [2.45, 2.75) is 45.1 Å². The molecular weight excluding hydrogens is 246 g/mol. The van der Waals surface area contributed by atoms with E-state index in [0.29, 0.717) is 6.04 Å². The topological polar surface area (TPSA) is 29.9 Å². The lowest BCUT2D eigenvalue weighted by Crippen LogP contribution is -2.32. The molecule has 0 amide bonds. The molecule has 1 aliphatic rings. The first-order valence-electron chi connectivity index (χ1n) is 7.92. The predicted molar refractivity (Wildman–Crippen MR) is 83.8 cm³/mol. The van der Waals surface area contributed by atoms with Crippen LogP contribution in [0.1, 0.15) is 38.3 Å². The van der Waals surface area contributed by atoms with Gasteiger partial charge in [-0.25, -0.2) is 0 Å². The van der Waals surface area contributed by atoms with Gasteiger partial charge < -0.3 is 5.32 Å². The van der Waals surface area contributed by atoms with Crippen LogP contribution in [0.3, 0.4) is 0 Å². The summed E-state index contributed by atoms with van der Waals surface area (Å²) in [6.45, 7) is 3.35. The number of fused-ring (bicyclic) bond motifs is 1. The molecule has 3 nitrogen and oxygen atoms in total. The summed E-state index contributed by atoms with van der Waals surface area (Å²) in [5, 5.41) is 9.77. The fraction of sp³-hybridized carbons (Fsp3) is 0.588. The summed E-state index contributed by atoms with van der Waals surface area (Å²) >= 11 is 0. The molecule has 0 aliphatic heterocycles. The number of nitrogens with one attached hydrogen (secondary N) is 1. The number of benzene rings is 1. The molecule has 0 spiro atoms. The van der Waals surface area contributed by atoms with E-state index in [9.17, 15) is 0 Å². The van der Waals surface area contributed by atoms with Crippen LogP contribution in [-0.2, 0) is 13.5 Å². The highest BCUT2D eigenvalue weighted by atomic mass is 15.3. The Morgan fingerprint density at radius 3 is 2.90 bits per heavy atom. The highest BCUT2D eigenvalue weighted by Crippen LogP contribution is 2.34. The van der Waals surface area contributed by atoms with Gasteiger partial charge in [0.1, 0.15) is 0 Å². The summed E-state index contributed by atoms with van der Waals surface area (Å²) in [5.74, 6) is 0.958. The molecule has 1 fully saturated rings. The summed E-state index contributed by atoms with van der Waals surface area (Å²) in [6, 6.07) is 9.14. The van der Waals surface area contributed by atoms with E-state index in [1.54, 1.807) is 0 Å². The van der Waals surface area contributed by atoms with E-state index in [1.165, 1.54) is 42.3 Å². The number of aromatic nitrogens is 2. The maximum atomic E-state index is 4.74. The summed E-state index contributed by atoms with van der Waals surface area (Å²) in [4.78, 5) is 0. The number of hydrogen-bond donors (Lipinski definition) is 1. The molecule has 20 heavy (non-hydrogen) atoms. The van der Waals surface area contributed by atoms with E-state index < -0.39 is 0 Å². The second-order valence-corrected chi connectivity index (χ2v) is 6.12. The molecule has 1 atom stereocenters. The van der Waals surface area contributed by atoms with Gasteiger partial charge in [-0.2, -0.15) is 5.10 Å². The van der Waals surface area contributed by atoms with Gasteiger partial charge >= 0.3 is 0 Å². The number of aryl methyl sites for hydroxylation is 1. The molecule has 1 aromatic heterocycles. The Balaban J connectivity index is 1.78. The maximum absolute atomic E-state index is 4.74. The standard InChI is InChI=1S/C17H25N3/c1-3-10-18-14(11-13-8-9-13)12-16-15-6-4-5-7-17(15)20(2)19-16/h4-7,13-14,18H,3,8-12H2,1-2H3. The Morgan fingerprint density at radius 1 is 1.35 bits per heavy atom. The van der Waals surface area contributed by atoms with Crippen molar-refractivity contribution in [3.63, 3.8) is 0 Å². The van der Waals surface area contributed by atoms with E-state index in [0.717, 1.165) is 18.9 Å². The van der Waals surface area contributed by atoms with Crippen molar-refractivity contribution in [3.05, 3.63) is 30.0 Å². The van der Waals surface area contributed by atoms with Gasteiger partial charge in [0, 0.05) is 24.9 Å². The van der Waals surface area contributed by atoms with Crippen LogP contribution < -0.4 is 5.32 Å². The van der Waals surface area contributed by atoms with E-state index in [1.807, 2.05) is 11.7 Å². The minimum absolute atomic E-state index is 0.584. The zero-order chi connectivity index (χ0) is 13.9. The first-order chi connectivity index (χ1) is 9.78. The van der Waals surface area contributed by atoms with Gasteiger partial charge in [0.15, 0.2) is 0 Å². The highest BCUT2D eigenvalue weighted by Gasteiger charge is 2.26. The zero-order valence-electron chi connectivity index (χ0n) is 12.6. The van der Waals surface area contributed by atoms with Crippen molar-refractivity contribution in [1.29, 1.82) is 0 Å². The van der Waals surface area contributed by atoms with Gasteiger partial charge in [-0.15, -0.1) is 0 Å². The molecule has 108 valence electrons. The van der Waals surface area contributed by atoms with Crippen LogP contribution in [-0.4, -0.2) is 22.4 Å².